The number of aromatic carboxylic acids is 1. The Morgan fingerprint density at radius 3 is 2.48 bits per heavy atom. The summed E-state index contributed by atoms with van der Waals surface area (Å²) >= 11 is 1.82. The largest absolute Gasteiger partial charge is 0.478 e. The molecule has 0 atom stereocenters. The summed E-state index contributed by atoms with van der Waals surface area (Å²) in [6.07, 6.45) is 1.61. The lowest BCUT2D eigenvalue weighted by Gasteiger charge is -2.23. The average molecular weight is 329 g/mol. The number of thioether (sulfide) groups is 1. The number of rotatable bonds is 4. The predicted octanol–water partition coefficient (Wildman–Crippen LogP) is 2.18. The molecular formula is C14H19NO4S2. The van der Waals surface area contributed by atoms with Gasteiger partial charge in [0.2, 0.25) is 10.0 Å². The summed E-state index contributed by atoms with van der Waals surface area (Å²) in [5.41, 5.74) is 1.25. The van der Waals surface area contributed by atoms with Crippen molar-refractivity contribution in [3.8, 4) is 0 Å². The topological polar surface area (TPSA) is 83.5 Å². The van der Waals surface area contributed by atoms with E-state index in [-0.39, 0.29) is 16.5 Å². The summed E-state index contributed by atoms with van der Waals surface area (Å²) < 4.78 is 27.8. The van der Waals surface area contributed by atoms with Crippen LogP contribution in [0.25, 0.3) is 0 Å². The van der Waals surface area contributed by atoms with Crippen LogP contribution in [-0.2, 0) is 10.0 Å². The molecule has 0 aromatic heterocycles. The molecule has 0 amide bonds. The summed E-state index contributed by atoms with van der Waals surface area (Å²) in [4.78, 5) is 11.2. The maximum atomic E-state index is 12.5. The highest BCUT2D eigenvalue weighted by Gasteiger charge is 2.25. The van der Waals surface area contributed by atoms with Gasteiger partial charge < -0.3 is 5.11 Å². The minimum atomic E-state index is -3.69. The van der Waals surface area contributed by atoms with Crippen molar-refractivity contribution in [3.05, 3.63) is 28.8 Å². The molecule has 0 saturated carbocycles. The predicted molar refractivity (Wildman–Crippen MR) is 83.5 cm³/mol. The molecule has 1 heterocycles. The first-order valence-electron chi connectivity index (χ1n) is 6.76. The average Bonchev–Trinajstić information content (AvgIpc) is 2.41. The van der Waals surface area contributed by atoms with E-state index >= 15 is 0 Å². The molecule has 0 radical (unpaired) electrons. The number of hydrogen-bond acceptors (Lipinski definition) is 4. The van der Waals surface area contributed by atoms with Gasteiger partial charge in [-0.05, 0) is 61.5 Å². The zero-order chi connectivity index (χ0) is 15.6. The van der Waals surface area contributed by atoms with E-state index in [1.54, 1.807) is 13.8 Å². The molecule has 2 N–H and O–H groups in total. The van der Waals surface area contributed by atoms with E-state index in [1.807, 2.05) is 11.8 Å². The van der Waals surface area contributed by atoms with Crippen molar-refractivity contribution < 1.29 is 18.3 Å². The first kappa shape index (κ1) is 16.3. The Morgan fingerprint density at radius 2 is 1.90 bits per heavy atom. The first-order valence-corrected chi connectivity index (χ1v) is 9.39. The standard InChI is InChI=1S/C14H19NO4S2/c1-9-7-11(14(16)17)8-13(10(9)2)21(18,19)15-12-3-5-20-6-4-12/h7-8,12,15H,3-6H2,1-2H3,(H,16,17). The molecule has 1 aliphatic heterocycles. The fraction of sp³-hybridized carbons (Fsp3) is 0.500. The number of benzene rings is 1. The van der Waals surface area contributed by atoms with E-state index < -0.39 is 16.0 Å². The number of nitrogens with one attached hydrogen (secondary N) is 1. The van der Waals surface area contributed by atoms with Crippen LogP contribution in [0.3, 0.4) is 0 Å². The third kappa shape index (κ3) is 3.78. The lowest BCUT2D eigenvalue weighted by atomic mass is 10.1. The van der Waals surface area contributed by atoms with E-state index in [0.717, 1.165) is 24.3 Å². The van der Waals surface area contributed by atoms with Crippen LogP contribution in [-0.4, -0.2) is 37.0 Å². The van der Waals surface area contributed by atoms with Gasteiger partial charge in [0.05, 0.1) is 10.5 Å². The van der Waals surface area contributed by atoms with E-state index in [4.69, 9.17) is 5.11 Å². The molecule has 1 aromatic carbocycles. The maximum absolute atomic E-state index is 12.5. The minimum Gasteiger partial charge on any atom is -0.478 e. The zero-order valence-electron chi connectivity index (χ0n) is 12.0. The molecule has 7 heteroatoms. The molecule has 1 fully saturated rings. The van der Waals surface area contributed by atoms with Gasteiger partial charge in [0.15, 0.2) is 0 Å². The summed E-state index contributed by atoms with van der Waals surface area (Å²) in [5.74, 6) is 0.768. The Morgan fingerprint density at radius 1 is 1.29 bits per heavy atom. The number of hydrogen-bond donors (Lipinski definition) is 2. The quantitative estimate of drug-likeness (QED) is 0.884. The molecule has 2 rings (SSSR count). The van der Waals surface area contributed by atoms with Crippen LogP contribution < -0.4 is 4.72 Å². The van der Waals surface area contributed by atoms with Crippen LogP contribution in [0.4, 0.5) is 0 Å². The summed E-state index contributed by atoms with van der Waals surface area (Å²) in [5, 5.41) is 9.09. The molecule has 21 heavy (non-hydrogen) atoms. The number of carboxylic acid groups (broad SMARTS) is 1. The van der Waals surface area contributed by atoms with Crippen LogP contribution in [0.15, 0.2) is 17.0 Å². The van der Waals surface area contributed by atoms with Gasteiger partial charge >= 0.3 is 5.97 Å². The highest BCUT2D eigenvalue weighted by molar-refractivity contribution is 7.99. The SMILES string of the molecule is Cc1cc(C(=O)O)cc(S(=O)(=O)NC2CCSCC2)c1C. The second kappa shape index (κ2) is 6.37. The third-order valence-corrected chi connectivity index (χ3v) is 6.39. The molecule has 0 unspecified atom stereocenters. The second-order valence-electron chi connectivity index (χ2n) is 5.23. The molecule has 0 bridgehead atoms. The van der Waals surface area contributed by atoms with Gasteiger partial charge in [-0.3, -0.25) is 0 Å². The Kier molecular flexibility index (Phi) is 4.95. The molecule has 5 nitrogen and oxygen atoms in total. The Bertz CT molecular complexity index is 649. The summed E-state index contributed by atoms with van der Waals surface area (Å²) in [6, 6.07) is 2.67. The third-order valence-electron chi connectivity index (χ3n) is 3.70. The van der Waals surface area contributed by atoms with Gasteiger partial charge in [-0.25, -0.2) is 17.9 Å². The summed E-state index contributed by atoms with van der Waals surface area (Å²) in [7, 11) is -3.69. The highest BCUT2D eigenvalue weighted by atomic mass is 32.2. The lowest BCUT2D eigenvalue weighted by Crippen LogP contribution is -2.37. The van der Waals surface area contributed by atoms with Crippen LogP contribution in [0.1, 0.15) is 34.3 Å². The fourth-order valence-electron chi connectivity index (χ4n) is 2.33. The molecule has 1 aliphatic rings. The Labute approximate surface area is 129 Å². The summed E-state index contributed by atoms with van der Waals surface area (Å²) in [6.45, 7) is 3.42. The normalized spacial score (nSPS) is 16.9. The van der Waals surface area contributed by atoms with Crippen molar-refractivity contribution in [2.24, 2.45) is 0 Å². The van der Waals surface area contributed by atoms with Gasteiger partial charge in [-0.1, -0.05) is 0 Å². The zero-order valence-corrected chi connectivity index (χ0v) is 13.7. The van der Waals surface area contributed by atoms with Gasteiger partial charge in [0.25, 0.3) is 0 Å². The van der Waals surface area contributed by atoms with Crippen LogP contribution >= 0.6 is 11.8 Å². The van der Waals surface area contributed by atoms with Crippen LogP contribution in [0.5, 0.6) is 0 Å². The van der Waals surface area contributed by atoms with Crippen molar-refractivity contribution in [1.29, 1.82) is 0 Å². The van der Waals surface area contributed by atoms with Gasteiger partial charge in [0.1, 0.15) is 0 Å². The minimum absolute atomic E-state index is 0.00215. The fourth-order valence-corrected chi connectivity index (χ4v) is 5.08. The van der Waals surface area contributed by atoms with Crippen LogP contribution in [0.2, 0.25) is 0 Å². The van der Waals surface area contributed by atoms with E-state index in [0.29, 0.717) is 11.1 Å². The molecule has 116 valence electrons. The van der Waals surface area contributed by atoms with E-state index in [2.05, 4.69) is 4.72 Å². The molecule has 0 spiro atoms. The monoisotopic (exact) mass is 329 g/mol. The highest BCUT2D eigenvalue weighted by Crippen LogP contribution is 2.24. The maximum Gasteiger partial charge on any atom is 0.335 e. The van der Waals surface area contributed by atoms with E-state index in [1.165, 1.54) is 12.1 Å². The van der Waals surface area contributed by atoms with Crippen molar-refractivity contribution >= 4 is 27.8 Å². The molecule has 0 aliphatic carbocycles. The second-order valence-corrected chi connectivity index (χ2v) is 8.14. The lowest BCUT2D eigenvalue weighted by molar-refractivity contribution is 0.0696. The van der Waals surface area contributed by atoms with Crippen molar-refractivity contribution in [2.75, 3.05) is 11.5 Å². The van der Waals surface area contributed by atoms with E-state index in [9.17, 15) is 13.2 Å². The number of sulfonamides is 1. The van der Waals surface area contributed by atoms with Crippen LogP contribution in [0, 0.1) is 13.8 Å². The Hall–Kier alpha value is -1.05. The van der Waals surface area contributed by atoms with Crippen molar-refractivity contribution in [3.63, 3.8) is 0 Å². The van der Waals surface area contributed by atoms with Gasteiger partial charge in [0, 0.05) is 6.04 Å². The Balaban J connectivity index is 2.36. The van der Waals surface area contributed by atoms with Gasteiger partial charge in [-0.2, -0.15) is 11.8 Å². The smallest absolute Gasteiger partial charge is 0.335 e. The molecular weight excluding hydrogens is 310 g/mol. The molecule has 1 saturated heterocycles. The first-order chi connectivity index (χ1) is 9.81. The number of carbonyl (C=O) groups is 1. The number of carboxylic acids is 1. The van der Waals surface area contributed by atoms with Crippen molar-refractivity contribution in [2.45, 2.75) is 37.6 Å². The van der Waals surface area contributed by atoms with Gasteiger partial charge in [-0.15, -0.1) is 0 Å². The number of aryl methyl sites for hydroxylation is 1. The van der Waals surface area contributed by atoms with Crippen molar-refractivity contribution in [1.82, 2.24) is 4.72 Å². The molecule has 1 aromatic rings.